The number of pyridine rings is 1. The highest BCUT2D eigenvalue weighted by Crippen LogP contribution is 2.29. The first-order chi connectivity index (χ1) is 13.2. The molecule has 0 saturated heterocycles. The quantitative estimate of drug-likeness (QED) is 0.436. The summed E-state index contributed by atoms with van der Waals surface area (Å²) in [5, 5.41) is -0.156. The first-order valence-electron chi connectivity index (χ1n) is 8.96. The lowest BCUT2D eigenvalue weighted by Gasteiger charge is -2.12. The summed E-state index contributed by atoms with van der Waals surface area (Å²) in [6.45, 7) is 3.13. The molecule has 0 aliphatic heterocycles. The highest BCUT2D eigenvalue weighted by Gasteiger charge is 2.26. The molecule has 4 nitrogen and oxygen atoms in total. The molecule has 2 aromatic heterocycles. The number of halogens is 4. The maximum atomic E-state index is 14.7. The van der Waals surface area contributed by atoms with E-state index >= 15 is 0 Å². The van der Waals surface area contributed by atoms with Crippen LogP contribution in [0.4, 0.5) is 17.6 Å². The van der Waals surface area contributed by atoms with Gasteiger partial charge < -0.3 is 4.57 Å². The molecule has 0 aliphatic rings. The van der Waals surface area contributed by atoms with Crippen LogP contribution in [0.2, 0.25) is 0 Å². The predicted octanol–water partition coefficient (Wildman–Crippen LogP) is 5.04. The zero-order valence-corrected chi connectivity index (χ0v) is 15.5. The highest BCUT2D eigenvalue weighted by atomic mass is 19.3. The molecule has 0 bridgehead atoms. The number of nitrogens with zero attached hydrogens (tertiary/aromatic N) is 3. The number of rotatable bonds is 6. The Kier molecular flexibility index (Phi) is 5.49. The Morgan fingerprint density at radius 1 is 1.11 bits per heavy atom. The first kappa shape index (κ1) is 20.0. The van der Waals surface area contributed by atoms with Crippen molar-refractivity contribution in [1.29, 1.82) is 0 Å². The van der Waals surface area contributed by atoms with Gasteiger partial charge in [0.1, 0.15) is 0 Å². The fraction of sp³-hybridized carbons (Fsp3) is 0.350. The smallest absolute Gasteiger partial charge is 0.273 e. The van der Waals surface area contributed by atoms with Crippen molar-refractivity contribution in [3.8, 4) is 11.4 Å². The van der Waals surface area contributed by atoms with E-state index in [1.165, 1.54) is 22.9 Å². The number of hydrogen-bond donors (Lipinski definition) is 0. The average molecular weight is 393 g/mol. The molecule has 0 aliphatic carbocycles. The summed E-state index contributed by atoms with van der Waals surface area (Å²) >= 11 is 0. The first-order valence-corrected chi connectivity index (χ1v) is 8.96. The average Bonchev–Trinajstić information content (AvgIpc) is 2.65. The summed E-state index contributed by atoms with van der Waals surface area (Å²) in [5.74, 6) is -5.96. The van der Waals surface area contributed by atoms with Crippen LogP contribution in [0.5, 0.6) is 0 Å². The van der Waals surface area contributed by atoms with Gasteiger partial charge in [0, 0.05) is 32.1 Å². The fourth-order valence-corrected chi connectivity index (χ4v) is 2.94. The normalized spacial score (nSPS) is 11.9. The maximum absolute atomic E-state index is 14.7. The highest BCUT2D eigenvalue weighted by molar-refractivity contribution is 5.86. The zero-order valence-electron chi connectivity index (χ0n) is 15.5. The van der Waals surface area contributed by atoms with Crippen molar-refractivity contribution in [3.05, 3.63) is 58.3 Å². The van der Waals surface area contributed by atoms with Crippen LogP contribution in [0.25, 0.3) is 22.2 Å². The van der Waals surface area contributed by atoms with Crippen LogP contribution in [0.3, 0.4) is 0 Å². The minimum atomic E-state index is -3.14. The summed E-state index contributed by atoms with van der Waals surface area (Å²) in [6, 6.07) is 2.77. The molecule has 148 valence electrons. The fourth-order valence-electron chi connectivity index (χ4n) is 2.94. The maximum Gasteiger partial charge on any atom is 0.273 e. The Bertz CT molecular complexity index is 1060. The lowest BCUT2D eigenvalue weighted by atomic mass is 10.1. The van der Waals surface area contributed by atoms with Crippen molar-refractivity contribution in [1.82, 2.24) is 14.5 Å². The Morgan fingerprint density at radius 3 is 2.39 bits per heavy atom. The van der Waals surface area contributed by atoms with Crippen LogP contribution in [-0.2, 0) is 12.5 Å². The van der Waals surface area contributed by atoms with Gasteiger partial charge in [-0.25, -0.2) is 27.5 Å². The molecule has 3 aromatic rings. The molecule has 0 fully saturated rings. The van der Waals surface area contributed by atoms with Crippen molar-refractivity contribution < 1.29 is 17.6 Å². The van der Waals surface area contributed by atoms with Crippen LogP contribution in [0, 0.1) is 11.6 Å². The molecule has 2 heterocycles. The topological polar surface area (TPSA) is 47.8 Å². The van der Waals surface area contributed by atoms with Gasteiger partial charge in [-0.3, -0.25) is 4.79 Å². The number of alkyl halides is 2. The number of aryl methyl sites for hydroxylation is 1. The van der Waals surface area contributed by atoms with Crippen LogP contribution < -0.4 is 5.56 Å². The van der Waals surface area contributed by atoms with Gasteiger partial charge in [-0.1, -0.05) is 19.8 Å². The standard InChI is InChI=1S/C20H19F4N3O/c1-3-4-5-7-27-8-6-12-9-14(16(21)17(22)15(12)19(27)28)18-25-10-13(11-26-18)20(2,23)24/h6,8-11H,3-5,7H2,1-2H3. The molecule has 0 N–H and O–H groups in total. The van der Waals surface area contributed by atoms with E-state index < -0.39 is 28.7 Å². The van der Waals surface area contributed by atoms with Crippen molar-refractivity contribution in [2.75, 3.05) is 0 Å². The second kappa shape index (κ2) is 7.69. The third kappa shape index (κ3) is 3.76. The van der Waals surface area contributed by atoms with Gasteiger partial charge in [-0.15, -0.1) is 0 Å². The molecule has 0 radical (unpaired) electrons. The van der Waals surface area contributed by atoms with E-state index in [9.17, 15) is 22.4 Å². The molecule has 0 atom stereocenters. The molecule has 3 rings (SSSR count). The molecule has 1 aromatic carbocycles. The molecule has 0 spiro atoms. The summed E-state index contributed by atoms with van der Waals surface area (Å²) < 4.78 is 57.2. The summed E-state index contributed by atoms with van der Waals surface area (Å²) in [6.07, 6.45) is 5.92. The van der Waals surface area contributed by atoms with Crippen LogP contribution >= 0.6 is 0 Å². The Morgan fingerprint density at radius 2 is 1.79 bits per heavy atom. The molecule has 0 unspecified atom stereocenters. The van der Waals surface area contributed by atoms with E-state index in [4.69, 9.17) is 0 Å². The summed E-state index contributed by atoms with van der Waals surface area (Å²) in [7, 11) is 0. The monoisotopic (exact) mass is 393 g/mol. The van der Waals surface area contributed by atoms with Gasteiger partial charge in [0.15, 0.2) is 17.5 Å². The van der Waals surface area contributed by atoms with E-state index in [0.717, 1.165) is 31.7 Å². The predicted molar refractivity (Wildman–Crippen MR) is 98.2 cm³/mol. The van der Waals surface area contributed by atoms with Gasteiger partial charge in [0.25, 0.3) is 11.5 Å². The third-order valence-corrected chi connectivity index (χ3v) is 4.55. The Labute approximate surface area is 158 Å². The van der Waals surface area contributed by atoms with Crippen molar-refractivity contribution >= 4 is 10.8 Å². The van der Waals surface area contributed by atoms with Gasteiger partial charge in [-0.05, 0) is 23.9 Å². The number of aromatic nitrogens is 3. The van der Waals surface area contributed by atoms with E-state index in [1.807, 2.05) is 6.92 Å². The van der Waals surface area contributed by atoms with Gasteiger partial charge in [0.05, 0.1) is 16.5 Å². The SMILES string of the molecule is CCCCCn1ccc2cc(-c3ncc(C(C)(F)F)cn3)c(F)c(F)c2c1=O. The van der Waals surface area contributed by atoms with E-state index in [2.05, 4.69) is 9.97 Å². The van der Waals surface area contributed by atoms with Crippen molar-refractivity contribution in [2.45, 2.75) is 45.6 Å². The second-order valence-electron chi connectivity index (χ2n) is 6.72. The number of unbranched alkanes of at least 4 members (excludes halogenated alkanes) is 2. The minimum Gasteiger partial charge on any atom is -0.315 e. The third-order valence-electron chi connectivity index (χ3n) is 4.55. The molecule has 0 saturated carbocycles. The lowest BCUT2D eigenvalue weighted by molar-refractivity contribution is 0.0167. The molecule has 28 heavy (non-hydrogen) atoms. The van der Waals surface area contributed by atoms with Gasteiger partial charge in [0.2, 0.25) is 0 Å². The number of fused-ring (bicyclic) bond motifs is 1. The molecule has 0 amide bonds. The molecular weight excluding hydrogens is 374 g/mol. The van der Waals surface area contributed by atoms with E-state index in [-0.39, 0.29) is 22.2 Å². The Hall–Kier alpha value is -2.77. The summed E-state index contributed by atoms with van der Waals surface area (Å²) in [4.78, 5) is 20.0. The van der Waals surface area contributed by atoms with Crippen molar-refractivity contribution in [2.24, 2.45) is 0 Å². The molecular formula is C20H19F4N3O. The number of benzene rings is 1. The van der Waals surface area contributed by atoms with E-state index in [0.29, 0.717) is 13.5 Å². The van der Waals surface area contributed by atoms with Crippen LogP contribution in [0.1, 0.15) is 38.7 Å². The van der Waals surface area contributed by atoms with Gasteiger partial charge >= 0.3 is 0 Å². The molecule has 8 heteroatoms. The zero-order chi connectivity index (χ0) is 20.5. The lowest BCUT2D eigenvalue weighted by Crippen LogP contribution is -2.21. The van der Waals surface area contributed by atoms with Crippen LogP contribution in [-0.4, -0.2) is 14.5 Å². The van der Waals surface area contributed by atoms with Gasteiger partial charge in [-0.2, -0.15) is 0 Å². The Balaban J connectivity index is 2.08. The number of hydrogen-bond acceptors (Lipinski definition) is 3. The van der Waals surface area contributed by atoms with E-state index in [1.54, 1.807) is 0 Å². The van der Waals surface area contributed by atoms with Crippen LogP contribution in [0.15, 0.2) is 35.5 Å². The summed E-state index contributed by atoms with van der Waals surface area (Å²) in [5.41, 5.74) is -1.34. The second-order valence-corrected chi connectivity index (χ2v) is 6.72. The minimum absolute atomic E-state index is 0.194. The largest absolute Gasteiger partial charge is 0.315 e. The van der Waals surface area contributed by atoms with Crippen molar-refractivity contribution in [3.63, 3.8) is 0 Å².